The first-order chi connectivity index (χ1) is 16.4. The summed E-state index contributed by atoms with van der Waals surface area (Å²) >= 11 is 6.04. The zero-order chi connectivity index (χ0) is 24.2. The quantitative estimate of drug-likeness (QED) is 0.310. The largest absolute Gasteiger partial charge is 0.490 e. The maximum absolute atomic E-state index is 13.0. The second-order valence-electron chi connectivity index (χ2n) is 7.63. The van der Waals surface area contributed by atoms with Crippen LogP contribution in [0.3, 0.4) is 0 Å². The number of rotatable bonds is 9. The Kier molecular flexibility index (Phi) is 6.99. The summed E-state index contributed by atoms with van der Waals surface area (Å²) in [5.74, 6) is -1.62. The Morgan fingerprint density at radius 1 is 0.971 bits per heavy atom. The first-order valence-corrected chi connectivity index (χ1v) is 11.0. The van der Waals surface area contributed by atoms with Gasteiger partial charge in [-0.3, -0.25) is 29.4 Å². The minimum absolute atomic E-state index is 0.0537. The highest BCUT2D eigenvalue weighted by Gasteiger charge is 2.45. The molecule has 34 heavy (non-hydrogen) atoms. The standard InChI is InChI=1S/C23H22ClN3O7/c24-15-5-4-13(25)12-18(15)34-11-9-32-8-10-33-17-3-1-2-14-20(17)23(31)27(22(14)30)16-6-7-19(28)26-21(16)29/h1-5,12,16H,6-11,25H2,(H,26,28,29). The lowest BCUT2D eigenvalue weighted by Crippen LogP contribution is -2.54. The van der Waals surface area contributed by atoms with Crippen LogP contribution >= 0.6 is 11.6 Å². The molecule has 4 amide bonds. The van der Waals surface area contributed by atoms with E-state index in [-0.39, 0.29) is 56.1 Å². The molecule has 0 spiro atoms. The van der Waals surface area contributed by atoms with E-state index in [0.717, 1.165) is 4.90 Å². The van der Waals surface area contributed by atoms with Crippen molar-refractivity contribution in [1.29, 1.82) is 0 Å². The lowest BCUT2D eigenvalue weighted by molar-refractivity contribution is -0.136. The molecular weight excluding hydrogens is 466 g/mol. The minimum Gasteiger partial charge on any atom is -0.490 e. The number of carbonyl (C=O) groups is 4. The summed E-state index contributed by atoms with van der Waals surface area (Å²) in [5.41, 5.74) is 6.49. The van der Waals surface area contributed by atoms with Crippen LogP contribution in [0.25, 0.3) is 0 Å². The number of hydrogen-bond donors (Lipinski definition) is 2. The van der Waals surface area contributed by atoms with Gasteiger partial charge in [-0.15, -0.1) is 0 Å². The predicted molar refractivity (Wildman–Crippen MR) is 121 cm³/mol. The van der Waals surface area contributed by atoms with E-state index in [0.29, 0.717) is 16.5 Å². The molecule has 1 fully saturated rings. The number of amides is 4. The lowest BCUT2D eigenvalue weighted by Gasteiger charge is -2.27. The van der Waals surface area contributed by atoms with Crippen molar-refractivity contribution in [2.45, 2.75) is 18.9 Å². The Bertz CT molecular complexity index is 1150. The molecular formula is C23H22ClN3O7. The average molecular weight is 488 g/mol. The summed E-state index contributed by atoms with van der Waals surface area (Å²) in [5, 5.41) is 2.61. The number of hydrogen-bond acceptors (Lipinski definition) is 8. The summed E-state index contributed by atoms with van der Waals surface area (Å²) in [4.78, 5) is 50.3. The van der Waals surface area contributed by atoms with E-state index in [1.807, 2.05) is 0 Å². The second-order valence-corrected chi connectivity index (χ2v) is 8.03. The topological polar surface area (TPSA) is 137 Å². The summed E-state index contributed by atoms with van der Waals surface area (Å²) in [7, 11) is 0. The van der Waals surface area contributed by atoms with Gasteiger partial charge in [-0.25, -0.2) is 0 Å². The summed E-state index contributed by atoms with van der Waals surface area (Å²) in [6.45, 7) is 0.839. The van der Waals surface area contributed by atoms with Crippen LogP contribution in [0.4, 0.5) is 5.69 Å². The number of fused-ring (bicyclic) bond motifs is 1. The van der Waals surface area contributed by atoms with Gasteiger partial charge in [-0.05, 0) is 30.7 Å². The Morgan fingerprint density at radius 3 is 2.44 bits per heavy atom. The molecule has 4 rings (SSSR count). The van der Waals surface area contributed by atoms with Crippen molar-refractivity contribution in [1.82, 2.24) is 10.2 Å². The van der Waals surface area contributed by atoms with Gasteiger partial charge >= 0.3 is 0 Å². The van der Waals surface area contributed by atoms with Crippen molar-refractivity contribution in [2.24, 2.45) is 0 Å². The van der Waals surface area contributed by atoms with Gasteiger partial charge in [0, 0.05) is 18.2 Å². The number of imide groups is 2. The van der Waals surface area contributed by atoms with Gasteiger partial charge in [-0.2, -0.15) is 0 Å². The van der Waals surface area contributed by atoms with Gasteiger partial charge in [0.05, 0.1) is 29.4 Å². The molecule has 11 heteroatoms. The first kappa shape index (κ1) is 23.5. The van der Waals surface area contributed by atoms with Crippen LogP contribution in [0.2, 0.25) is 5.02 Å². The van der Waals surface area contributed by atoms with Gasteiger partial charge in [0.1, 0.15) is 30.8 Å². The molecule has 2 aromatic carbocycles. The molecule has 0 aliphatic carbocycles. The number of nitrogens with two attached hydrogens (primary N) is 1. The van der Waals surface area contributed by atoms with E-state index in [2.05, 4.69) is 5.32 Å². The third-order valence-corrected chi connectivity index (χ3v) is 5.67. The Morgan fingerprint density at radius 2 is 1.71 bits per heavy atom. The van der Waals surface area contributed by atoms with E-state index >= 15 is 0 Å². The summed E-state index contributed by atoms with van der Waals surface area (Å²) in [6.07, 6.45) is 0.140. The summed E-state index contributed by atoms with van der Waals surface area (Å²) in [6, 6.07) is 8.58. The van der Waals surface area contributed by atoms with Gasteiger partial charge in [0.15, 0.2) is 0 Å². The van der Waals surface area contributed by atoms with Gasteiger partial charge in [0.25, 0.3) is 11.8 Å². The van der Waals surface area contributed by atoms with Crippen molar-refractivity contribution in [3.8, 4) is 11.5 Å². The smallest absolute Gasteiger partial charge is 0.266 e. The molecule has 0 bridgehead atoms. The van der Waals surface area contributed by atoms with Crippen LogP contribution in [0.15, 0.2) is 36.4 Å². The molecule has 1 saturated heterocycles. The fourth-order valence-electron chi connectivity index (χ4n) is 3.76. The number of nitrogen functional groups attached to an aromatic ring is 1. The number of benzene rings is 2. The summed E-state index contributed by atoms with van der Waals surface area (Å²) < 4.78 is 16.7. The first-order valence-electron chi connectivity index (χ1n) is 10.6. The number of anilines is 1. The molecule has 2 heterocycles. The molecule has 2 aromatic rings. The minimum atomic E-state index is -1.03. The number of halogens is 1. The molecule has 0 aromatic heterocycles. The van der Waals surface area contributed by atoms with E-state index in [4.69, 9.17) is 31.5 Å². The maximum Gasteiger partial charge on any atom is 0.266 e. The molecule has 2 aliphatic heterocycles. The van der Waals surface area contributed by atoms with Gasteiger partial charge in [-0.1, -0.05) is 17.7 Å². The SMILES string of the molecule is Nc1ccc(Cl)c(OCCOCCOc2cccc3c2C(=O)N(C2CCC(=O)NC2=O)C3=O)c1. The van der Waals surface area contributed by atoms with Crippen molar-refractivity contribution in [3.05, 3.63) is 52.5 Å². The molecule has 2 aliphatic rings. The number of nitrogens with zero attached hydrogens (tertiary/aromatic N) is 1. The van der Waals surface area contributed by atoms with E-state index in [1.54, 1.807) is 30.3 Å². The second kappa shape index (κ2) is 10.1. The number of ether oxygens (including phenoxy) is 3. The van der Waals surface area contributed by atoms with Crippen LogP contribution < -0.4 is 20.5 Å². The highest BCUT2D eigenvalue weighted by atomic mass is 35.5. The van der Waals surface area contributed by atoms with Crippen molar-refractivity contribution < 1.29 is 33.4 Å². The molecule has 0 radical (unpaired) electrons. The molecule has 10 nitrogen and oxygen atoms in total. The highest BCUT2D eigenvalue weighted by molar-refractivity contribution is 6.32. The van der Waals surface area contributed by atoms with E-state index in [1.165, 1.54) is 6.07 Å². The monoisotopic (exact) mass is 487 g/mol. The van der Waals surface area contributed by atoms with Gasteiger partial charge in [0.2, 0.25) is 11.8 Å². The van der Waals surface area contributed by atoms with Crippen LogP contribution in [0.1, 0.15) is 33.6 Å². The van der Waals surface area contributed by atoms with Crippen molar-refractivity contribution >= 4 is 40.9 Å². The molecule has 1 unspecified atom stereocenters. The average Bonchev–Trinajstić information content (AvgIpc) is 3.06. The fraction of sp³-hybridized carbons (Fsp3) is 0.304. The third-order valence-electron chi connectivity index (χ3n) is 5.36. The lowest BCUT2D eigenvalue weighted by atomic mass is 10.0. The van der Waals surface area contributed by atoms with Crippen LogP contribution in [0.5, 0.6) is 11.5 Å². The zero-order valence-corrected chi connectivity index (χ0v) is 18.8. The van der Waals surface area contributed by atoms with Crippen LogP contribution in [0, 0.1) is 0 Å². The highest BCUT2D eigenvalue weighted by Crippen LogP contribution is 2.33. The molecule has 0 saturated carbocycles. The maximum atomic E-state index is 13.0. The number of piperidine rings is 1. The zero-order valence-electron chi connectivity index (χ0n) is 18.0. The van der Waals surface area contributed by atoms with E-state index < -0.39 is 29.7 Å². The van der Waals surface area contributed by atoms with Crippen LogP contribution in [-0.4, -0.2) is 61.0 Å². The van der Waals surface area contributed by atoms with Crippen molar-refractivity contribution in [2.75, 3.05) is 32.2 Å². The van der Waals surface area contributed by atoms with Crippen molar-refractivity contribution in [3.63, 3.8) is 0 Å². The molecule has 178 valence electrons. The van der Waals surface area contributed by atoms with Crippen LogP contribution in [-0.2, 0) is 14.3 Å². The number of nitrogens with one attached hydrogen (secondary N) is 1. The molecule has 1 atom stereocenters. The third kappa shape index (κ3) is 4.82. The Labute approximate surface area is 199 Å². The van der Waals surface area contributed by atoms with E-state index in [9.17, 15) is 19.2 Å². The predicted octanol–water partition coefficient (Wildman–Crippen LogP) is 1.80. The fourth-order valence-corrected chi connectivity index (χ4v) is 3.93. The number of carbonyl (C=O) groups excluding carboxylic acids is 4. The Balaban J connectivity index is 1.29. The Hall–Kier alpha value is -3.63. The van der Waals surface area contributed by atoms with Gasteiger partial charge < -0.3 is 19.9 Å². The normalized spacial score (nSPS) is 17.6. The molecule has 3 N–H and O–H groups in total.